The number of carbonyl (C=O) groups excluding carboxylic acids is 2. The largest absolute Gasteiger partial charge is 0.466 e. The van der Waals surface area contributed by atoms with Crippen LogP contribution in [0.4, 0.5) is 0 Å². The lowest BCUT2D eigenvalue weighted by Gasteiger charge is -2.31. The van der Waals surface area contributed by atoms with Gasteiger partial charge in [0.15, 0.2) is 0 Å². The van der Waals surface area contributed by atoms with Crippen LogP contribution in [0.3, 0.4) is 0 Å². The molecule has 0 saturated carbocycles. The monoisotopic (exact) mass is 268 g/mol. The number of amides is 1. The molecule has 0 unspecified atom stereocenters. The van der Waals surface area contributed by atoms with Gasteiger partial charge < -0.3 is 9.64 Å². The number of likely N-dealkylation sites (tertiary alicyclic amines) is 2. The van der Waals surface area contributed by atoms with Gasteiger partial charge in [0.25, 0.3) is 0 Å². The molecule has 0 bridgehead atoms. The van der Waals surface area contributed by atoms with E-state index in [0.29, 0.717) is 13.2 Å². The molecule has 2 aliphatic heterocycles. The second-order valence-corrected chi connectivity index (χ2v) is 5.39. The maximum absolute atomic E-state index is 12.0. The summed E-state index contributed by atoms with van der Waals surface area (Å²) in [4.78, 5) is 27.8. The summed E-state index contributed by atoms with van der Waals surface area (Å²) in [6.07, 6.45) is 3.89. The fraction of sp³-hybridized carbons (Fsp3) is 0.857. The average molecular weight is 268 g/mol. The van der Waals surface area contributed by atoms with Gasteiger partial charge in [-0.2, -0.15) is 0 Å². The molecule has 0 spiro atoms. The minimum absolute atomic E-state index is 0.0260. The molecular weight excluding hydrogens is 244 g/mol. The molecule has 0 aliphatic carbocycles. The lowest BCUT2D eigenvalue weighted by atomic mass is 9.97. The van der Waals surface area contributed by atoms with E-state index in [4.69, 9.17) is 4.74 Å². The summed E-state index contributed by atoms with van der Waals surface area (Å²) in [5.41, 5.74) is 0. The van der Waals surface area contributed by atoms with Gasteiger partial charge in [0.1, 0.15) is 0 Å². The first-order valence-corrected chi connectivity index (χ1v) is 7.37. The predicted octanol–water partition coefficient (Wildman–Crippen LogP) is 0.884. The van der Waals surface area contributed by atoms with Crippen LogP contribution in [0, 0.1) is 5.92 Å². The first-order valence-electron chi connectivity index (χ1n) is 7.37. The van der Waals surface area contributed by atoms with E-state index in [-0.39, 0.29) is 17.8 Å². The fourth-order valence-corrected chi connectivity index (χ4v) is 2.84. The molecule has 1 amide bonds. The van der Waals surface area contributed by atoms with Crippen molar-refractivity contribution in [3.63, 3.8) is 0 Å². The standard InChI is InChI=1S/C14H24N2O3/c1-2-19-14(18)12-5-9-15(10-6-12)11-13(17)16-7-3-4-8-16/h12H,2-11H2,1H3. The molecule has 2 aliphatic rings. The van der Waals surface area contributed by atoms with Crippen molar-refractivity contribution in [2.75, 3.05) is 39.3 Å². The number of piperidine rings is 1. The summed E-state index contributed by atoms with van der Waals surface area (Å²) < 4.78 is 5.05. The Balaban J connectivity index is 1.71. The van der Waals surface area contributed by atoms with Crippen LogP contribution in [0.2, 0.25) is 0 Å². The molecule has 0 N–H and O–H groups in total. The Kier molecular flexibility index (Phi) is 5.19. The Morgan fingerprint density at radius 3 is 2.32 bits per heavy atom. The summed E-state index contributed by atoms with van der Waals surface area (Å²) in [5, 5.41) is 0. The van der Waals surface area contributed by atoms with Crippen molar-refractivity contribution in [3.8, 4) is 0 Å². The van der Waals surface area contributed by atoms with Gasteiger partial charge in [-0.15, -0.1) is 0 Å². The van der Waals surface area contributed by atoms with Gasteiger partial charge in [-0.25, -0.2) is 0 Å². The second kappa shape index (κ2) is 6.89. The third-order valence-electron chi connectivity index (χ3n) is 4.03. The number of nitrogens with zero attached hydrogens (tertiary/aromatic N) is 2. The van der Waals surface area contributed by atoms with Crippen molar-refractivity contribution in [3.05, 3.63) is 0 Å². The average Bonchev–Trinajstić information content (AvgIpc) is 2.94. The molecule has 0 radical (unpaired) electrons. The van der Waals surface area contributed by atoms with E-state index in [0.717, 1.165) is 51.9 Å². The molecule has 2 saturated heterocycles. The van der Waals surface area contributed by atoms with Gasteiger partial charge in [0.2, 0.25) is 5.91 Å². The lowest BCUT2D eigenvalue weighted by molar-refractivity contribution is -0.149. The molecule has 0 aromatic heterocycles. The van der Waals surface area contributed by atoms with E-state index >= 15 is 0 Å². The van der Waals surface area contributed by atoms with Crippen molar-refractivity contribution in [1.29, 1.82) is 0 Å². The number of hydrogen-bond acceptors (Lipinski definition) is 4. The third kappa shape index (κ3) is 3.93. The van der Waals surface area contributed by atoms with Crippen LogP contribution in [0.15, 0.2) is 0 Å². The molecular formula is C14H24N2O3. The molecule has 0 aromatic carbocycles. The van der Waals surface area contributed by atoms with Crippen molar-refractivity contribution < 1.29 is 14.3 Å². The first kappa shape index (κ1) is 14.3. The lowest BCUT2D eigenvalue weighted by Crippen LogP contribution is -2.43. The topological polar surface area (TPSA) is 49.9 Å². The van der Waals surface area contributed by atoms with E-state index in [1.165, 1.54) is 0 Å². The van der Waals surface area contributed by atoms with Gasteiger partial charge in [-0.1, -0.05) is 0 Å². The van der Waals surface area contributed by atoms with E-state index in [2.05, 4.69) is 4.90 Å². The predicted molar refractivity (Wildman–Crippen MR) is 71.6 cm³/mol. The van der Waals surface area contributed by atoms with Gasteiger partial charge in [0, 0.05) is 13.1 Å². The van der Waals surface area contributed by atoms with Crippen molar-refractivity contribution >= 4 is 11.9 Å². The first-order chi connectivity index (χ1) is 9.20. The Bertz CT molecular complexity index is 319. The second-order valence-electron chi connectivity index (χ2n) is 5.39. The van der Waals surface area contributed by atoms with Crippen molar-refractivity contribution in [1.82, 2.24) is 9.80 Å². The Labute approximate surface area is 114 Å². The van der Waals surface area contributed by atoms with Crippen LogP contribution < -0.4 is 0 Å². The third-order valence-corrected chi connectivity index (χ3v) is 4.03. The van der Waals surface area contributed by atoms with Gasteiger partial charge in [-0.3, -0.25) is 14.5 Å². The summed E-state index contributed by atoms with van der Waals surface area (Å²) in [7, 11) is 0. The molecule has 2 heterocycles. The highest BCUT2D eigenvalue weighted by atomic mass is 16.5. The van der Waals surface area contributed by atoms with Crippen LogP contribution in [0.1, 0.15) is 32.6 Å². The fourth-order valence-electron chi connectivity index (χ4n) is 2.84. The van der Waals surface area contributed by atoms with E-state index in [1.54, 1.807) is 0 Å². The minimum Gasteiger partial charge on any atom is -0.466 e. The highest BCUT2D eigenvalue weighted by molar-refractivity contribution is 5.78. The highest BCUT2D eigenvalue weighted by Gasteiger charge is 2.28. The summed E-state index contributed by atoms with van der Waals surface area (Å²) in [6, 6.07) is 0. The van der Waals surface area contributed by atoms with Crippen LogP contribution in [-0.4, -0.2) is 61.0 Å². The van der Waals surface area contributed by atoms with E-state index in [1.807, 2.05) is 11.8 Å². The number of ether oxygens (including phenoxy) is 1. The van der Waals surface area contributed by atoms with Gasteiger partial charge in [0.05, 0.1) is 19.1 Å². The molecule has 0 atom stereocenters. The summed E-state index contributed by atoms with van der Waals surface area (Å²) >= 11 is 0. The smallest absolute Gasteiger partial charge is 0.309 e. The Hall–Kier alpha value is -1.10. The zero-order chi connectivity index (χ0) is 13.7. The summed E-state index contributed by atoms with van der Waals surface area (Å²) in [6.45, 7) is 6.27. The number of hydrogen-bond donors (Lipinski definition) is 0. The minimum atomic E-state index is -0.0759. The molecule has 5 heteroatoms. The van der Waals surface area contributed by atoms with E-state index < -0.39 is 0 Å². The highest BCUT2D eigenvalue weighted by Crippen LogP contribution is 2.19. The number of esters is 1. The molecule has 108 valence electrons. The zero-order valence-electron chi connectivity index (χ0n) is 11.8. The zero-order valence-corrected chi connectivity index (χ0v) is 11.8. The quantitative estimate of drug-likeness (QED) is 0.710. The van der Waals surface area contributed by atoms with Crippen LogP contribution in [0.5, 0.6) is 0 Å². The normalized spacial score (nSPS) is 21.6. The van der Waals surface area contributed by atoms with E-state index in [9.17, 15) is 9.59 Å². The Morgan fingerprint density at radius 2 is 1.74 bits per heavy atom. The SMILES string of the molecule is CCOC(=O)C1CCN(CC(=O)N2CCCC2)CC1. The number of carbonyl (C=O) groups is 2. The van der Waals surface area contributed by atoms with Crippen molar-refractivity contribution in [2.24, 2.45) is 5.92 Å². The van der Waals surface area contributed by atoms with Gasteiger partial charge >= 0.3 is 5.97 Å². The van der Waals surface area contributed by atoms with Crippen LogP contribution in [0.25, 0.3) is 0 Å². The molecule has 2 rings (SSSR count). The maximum atomic E-state index is 12.0. The molecule has 2 fully saturated rings. The number of rotatable bonds is 4. The maximum Gasteiger partial charge on any atom is 0.309 e. The molecule has 0 aromatic rings. The van der Waals surface area contributed by atoms with Crippen LogP contribution >= 0.6 is 0 Å². The summed E-state index contributed by atoms with van der Waals surface area (Å²) in [5.74, 6) is 0.193. The molecule has 19 heavy (non-hydrogen) atoms. The Morgan fingerprint density at radius 1 is 1.11 bits per heavy atom. The van der Waals surface area contributed by atoms with Gasteiger partial charge in [-0.05, 0) is 45.7 Å². The van der Waals surface area contributed by atoms with Crippen molar-refractivity contribution in [2.45, 2.75) is 32.6 Å². The van der Waals surface area contributed by atoms with Crippen LogP contribution in [-0.2, 0) is 14.3 Å². The molecule has 5 nitrogen and oxygen atoms in total.